The van der Waals surface area contributed by atoms with Crippen LogP contribution in [0, 0.1) is 0 Å². The average Bonchev–Trinajstić information content (AvgIpc) is 2.10. The zero-order valence-corrected chi connectivity index (χ0v) is 6.85. The van der Waals surface area contributed by atoms with Crippen molar-refractivity contribution in [3.05, 3.63) is 25.5 Å². The maximum atomic E-state index is 10.4. The largest absolute Gasteiger partial charge is 0.514 e. The van der Waals surface area contributed by atoms with Gasteiger partial charge in [-0.1, -0.05) is 6.58 Å². The molecule has 0 N–H and O–H groups in total. The molecule has 0 amide bonds. The van der Waals surface area contributed by atoms with Gasteiger partial charge in [-0.25, -0.2) is 4.79 Å². The normalized spacial score (nSPS) is 19.5. The van der Waals surface area contributed by atoms with Gasteiger partial charge in [-0.15, -0.1) is 13.2 Å². The lowest BCUT2D eigenvalue weighted by Gasteiger charge is -2.11. The SMILES string of the molecule is C=C.C=C1OC(=O)OC1(C)C. The van der Waals surface area contributed by atoms with Gasteiger partial charge in [0.2, 0.25) is 0 Å². The molecule has 1 rings (SSSR count). The van der Waals surface area contributed by atoms with E-state index >= 15 is 0 Å². The lowest BCUT2D eigenvalue weighted by Crippen LogP contribution is -2.19. The van der Waals surface area contributed by atoms with Gasteiger partial charge >= 0.3 is 6.16 Å². The van der Waals surface area contributed by atoms with Crippen molar-refractivity contribution < 1.29 is 14.3 Å². The summed E-state index contributed by atoms with van der Waals surface area (Å²) in [6, 6.07) is 0. The highest BCUT2D eigenvalue weighted by Gasteiger charge is 2.37. The fraction of sp³-hybridized carbons (Fsp3) is 0.375. The molecule has 1 saturated heterocycles. The van der Waals surface area contributed by atoms with Crippen molar-refractivity contribution in [3.8, 4) is 0 Å². The highest BCUT2D eigenvalue weighted by Crippen LogP contribution is 2.27. The number of rotatable bonds is 0. The van der Waals surface area contributed by atoms with Crippen molar-refractivity contribution in [2.45, 2.75) is 19.4 Å². The van der Waals surface area contributed by atoms with Crippen molar-refractivity contribution >= 4 is 6.16 Å². The van der Waals surface area contributed by atoms with Crippen LogP contribution >= 0.6 is 0 Å². The molecular formula is C8H12O3. The third-order valence-electron chi connectivity index (χ3n) is 1.22. The number of ether oxygens (including phenoxy) is 2. The van der Waals surface area contributed by atoms with E-state index < -0.39 is 11.8 Å². The number of carbonyl (C=O) groups excluding carboxylic acids is 1. The number of hydrogen-bond donors (Lipinski definition) is 0. The maximum Gasteiger partial charge on any atom is 0.514 e. The monoisotopic (exact) mass is 156 g/mol. The van der Waals surface area contributed by atoms with Gasteiger partial charge in [0.05, 0.1) is 0 Å². The smallest absolute Gasteiger partial charge is 0.420 e. The number of cyclic esters (lactones) is 2. The van der Waals surface area contributed by atoms with E-state index in [0.29, 0.717) is 5.76 Å². The van der Waals surface area contributed by atoms with Gasteiger partial charge in [0, 0.05) is 0 Å². The molecule has 0 bridgehead atoms. The standard InChI is InChI=1S/C6H8O3.C2H4/c1-4-6(2,3)9-5(7)8-4;1-2/h1H2,2-3H3;1-2H2. The van der Waals surface area contributed by atoms with Gasteiger partial charge in [-0.2, -0.15) is 0 Å². The maximum absolute atomic E-state index is 10.4. The fourth-order valence-electron chi connectivity index (χ4n) is 0.510. The summed E-state index contributed by atoms with van der Waals surface area (Å²) in [6.07, 6.45) is -0.662. The molecule has 0 spiro atoms. The Morgan fingerprint density at radius 2 is 1.82 bits per heavy atom. The molecule has 3 heteroatoms. The van der Waals surface area contributed by atoms with Gasteiger partial charge in [0.15, 0.2) is 5.60 Å². The first kappa shape index (κ1) is 9.75. The molecule has 1 aliphatic rings. The van der Waals surface area contributed by atoms with E-state index in [1.165, 1.54) is 0 Å². The number of carbonyl (C=O) groups is 1. The molecule has 1 heterocycles. The lowest BCUT2D eigenvalue weighted by molar-refractivity contribution is 0.0873. The van der Waals surface area contributed by atoms with E-state index in [2.05, 4.69) is 24.5 Å². The van der Waals surface area contributed by atoms with Crippen LogP contribution in [-0.2, 0) is 9.47 Å². The predicted molar refractivity (Wildman–Crippen MR) is 42.0 cm³/mol. The van der Waals surface area contributed by atoms with Crippen LogP contribution in [-0.4, -0.2) is 11.8 Å². The molecule has 0 aliphatic carbocycles. The first-order valence-electron chi connectivity index (χ1n) is 3.12. The Labute approximate surface area is 66.3 Å². The second kappa shape index (κ2) is 3.23. The third kappa shape index (κ3) is 2.11. The van der Waals surface area contributed by atoms with Crippen molar-refractivity contribution in [3.63, 3.8) is 0 Å². The van der Waals surface area contributed by atoms with E-state index in [9.17, 15) is 4.79 Å². The molecule has 62 valence electrons. The predicted octanol–water partition coefficient (Wildman–Crippen LogP) is 2.25. The molecule has 1 aliphatic heterocycles. The van der Waals surface area contributed by atoms with Gasteiger partial charge in [0.1, 0.15) is 5.76 Å². The molecule has 0 aromatic rings. The van der Waals surface area contributed by atoms with E-state index in [1.807, 2.05) is 0 Å². The van der Waals surface area contributed by atoms with Crippen LogP contribution in [0.25, 0.3) is 0 Å². The molecule has 0 unspecified atom stereocenters. The average molecular weight is 156 g/mol. The van der Waals surface area contributed by atoms with Crippen LogP contribution in [0.2, 0.25) is 0 Å². The topological polar surface area (TPSA) is 35.5 Å². The summed E-state index contributed by atoms with van der Waals surface area (Å²) in [5.74, 6) is 0.368. The second-order valence-corrected chi connectivity index (χ2v) is 2.39. The fourth-order valence-corrected chi connectivity index (χ4v) is 0.510. The van der Waals surface area contributed by atoms with Gasteiger partial charge < -0.3 is 9.47 Å². The zero-order valence-electron chi connectivity index (χ0n) is 6.85. The van der Waals surface area contributed by atoms with E-state index in [4.69, 9.17) is 4.74 Å². The minimum Gasteiger partial charge on any atom is -0.420 e. The molecule has 1 fully saturated rings. The van der Waals surface area contributed by atoms with Crippen LogP contribution in [0.15, 0.2) is 25.5 Å². The van der Waals surface area contributed by atoms with E-state index in [1.54, 1.807) is 13.8 Å². The second-order valence-electron chi connectivity index (χ2n) is 2.39. The van der Waals surface area contributed by atoms with Crippen molar-refractivity contribution in [2.75, 3.05) is 0 Å². The highest BCUT2D eigenvalue weighted by molar-refractivity contribution is 5.65. The molecule has 0 atom stereocenters. The molecule has 0 saturated carbocycles. The Morgan fingerprint density at radius 3 is 1.91 bits per heavy atom. The van der Waals surface area contributed by atoms with Gasteiger partial charge in [-0.05, 0) is 13.8 Å². The van der Waals surface area contributed by atoms with Crippen molar-refractivity contribution in [1.29, 1.82) is 0 Å². The van der Waals surface area contributed by atoms with Gasteiger partial charge in [-0.3, -0.25) is 0 Å². The summed E-state index contributed by atoms with van der Waals surface area (Å²) in [4.78, 5) is 10.4. The lowest BCUT2D eigenvalue weighted by atomic mass is 10.1. The molecule has 0 aromatic carbocycles. The van der Waals surface area contributed by atoms with E-state index in [0.717, 1.165) is 0 Å². The minimum atomic E-state index is -0.662. The number of hydrogen-bond acceptors (Lipinski definition) is 3. The summed E-state index contributed by atoms with van der Waals surface area (Å²) >= 11 is 0. The van der Waals surface area contributed by atoms with Gasteiger partial charge in [0.25, 0.3) is 0 Å². The van der Waals surface area contributed by atoms with Crippen LogP contribution < -0.4 is 0 Å². The summed E-state index contributed by atoms with van der Waals surface area (Å²) < 4.78 is 9.22. The molecule has 0 radical (unpaired) electrons. The summed E-state index contributed by atoms with van der Waals surface area (Å²) in [6.45, 7) is 12.9. The molecule has 11 heavy (non-hydrogen) atoms. The van der Waals surface area contributed by atoms with Crippen molar-refractivity contribution in [1.82, 2.24) is 0 Å². The third-order valence-corrected chi connectivity index (χ3v) is 1.22. The zero-order chi connectivity index (χ0) is 9.07. The van der Waals surface area contributed by atoms with Crippen LogP contribution in [0.3, 0.4) is 0 Å². The van der Waals surface area contributed by atoms with Crippen LogP contribution in [0.5, 0.6) is 0 Å². The minimum absolute atomic E-state index is 0.368. The summed E-state index contributed by atoms with van der Waals surface area (Å²) in [5.41, 5.74) is -0.642. The van der Waals surface area contributed by atoms with E-state index in [-0.39, 0.29) is 0 Å². The van der Waals surface area contributed by atoms with Crippen LogP contribution in [0.4, 0.5) is 4.79 Å². The van der Waals surface area contributed by atoms with Crippen molar-refractivity contribution in [2.24, 2.45) is 0 Å². The molecule has 0 aromatic heterocycles. The van der Waals surface area contributed by atoms with Crippen LogP contribution in [0.1, 0.15) is 13.8 Å². The summed E-state index contributed by atoms with van der Waals surface area (Å²) in [7, 11) is 0. The Morgan fingerprint density at radius 1 is 1.36 bits per heavy atom. The Hall–Kier alpha value is -1.25. The first-order chi connectivity index (χ1) is 5.02. The first-order valence-corrected chi connectivity index (χ1v) is 3.12. The Bertz CT molecular complexity index is 182. The highest BCUT2D eigenvalue weighted by atomic mass is 16.8. The molecule has 3 nitrogen and oxygen atoms in total. The molecular weight excluding hydrogens is 144 g/mol. The Kier molecular flexibility index (Phi) is 2.87. The summed E-state index contributed by atoms with van der Waals surface area (Å²) in [5, 5.41) is 0. The quantitative estimate of drug-likeness (QED) is 0.398. The Balaban J connectivity index is 0.000000461.